The van der Waals surface area contributed by atoms with Gasteiger partial charge in [0.05, 0.1) is 13.2 Å². The molecule has 0 saturated carbocycles. The van der Waals surface area contributed by atoms with Crippen LogP contribution in [0.25, 0.3) is 0 Å². The van der Waals surface area contributed by atoms with E-state index >= 15 is 0 Å². The highest BCUT2D eigenvalue weighted by molar-refractivity contribution is 6.36. The average molecular weight is 600 g/mol. The second-order valence-corrected chi connectivity index (χ2v) is 10.5. The van der Waals surface area contributed by atoms with Crippen molar-refractivity contribution in [1.82, 2.24) is 10.2 Å². The van der Waals surface area contributed by atoms with Crippen molar-refractivity contribution in [3.63, 3.8) is 0 Å². The van der Waals surface area contributed by atoms with Gasteiger partial charge in [-0.25, -0.2) is 0 Å². The van der Waals surface area contributed by atoms with Gasteiger partial charge in [0.2, 0.25) is 11.8 Å². The number of carbonyl (C=O) groups excluding carboxylic acids is 2. The number of unbranched alkanes of at least 4 members (excludes halogenated alkanes) is 1. The fraction of sp³-hybridized carbons (Fsp3) is 0.394. The van der Waals surface area contributed by atoms with Gasteiger partial charge in [0.1, 0.15) is 6.04 Å². The highest BCUT2D eigenvalue weighted by atomic mass is 35.5. The van der Waals surface area contributed by atoms with Gasteiger partial charge in [0, 0.05) is 41.5 Å². The topological polar surface area (TPSA) is 67.9 Å². The molecule has 0 aromatic heterocycles. The summed E-state index contributed by atoms with van der Waals surface area (Å²) >= 11 is 13.1. The molecule has 0 spiro atoms. The van der Waals surface area contributed by atoms with E-state index in [1.165, 1.54) is 0 Å². The number of nitrogens with zero attached hydrogens (tertiary/aromatic N) is 1. The molecular formula is C33H40Cl2N2O4. The number of hydrogen-bond donors (Lipinski definition) is 1. The van der Waals surface area contributed by atoms with Gasteiger partial charge in [-0.05, 0) is 62.1 Å². The Morgan fingerprint density at radius 1 is 0.854 bits per heavy atom. The normalized spacial score (nSPS) is 11.5. The summed E-state index contributed by atoms with van der Waals surface area (Å²) in [6.07, 6.45) is 2.83. The van der Waals surface area contributed by atoms with E-state index in [2.05, 4.69) is 12.2 Å². The number of aryl methyl sites for hydroxylation is 1. The van der Waals surface area contributed by atoms with Crippen molar-refractivity contribution in [3.8, 4) is 11.5 Å². The smallest absolute Gasteiger partial charge is 0.243 e. The molecule has 1 N–H and O–H groups in total. The maximum atomic E-state index is 14.0. The lowest BCUT2D eigenvalue weighted by molar-refractivity contribution is -0.141. The van der Waals surface area contributed by atoms with E-state index in [4.69, 9.17) is 32.7 Å². The summed E-state index contributed by atoms with van der Waals surface area (Å²) in [5.74, 6) is 0.959. The Bertz CT molecular complexity index is 1250. The Balaban J connectivity index is 1.93. The molecule has 0 saturated heterocycles. The molecule has 2 amide bonds. The van der Waals surface area contributed by atoms with Crippen LogP contribution < -0.4 is 14.8 Å². The van der Waals surface area contributed by atoms with Crippen molar-refractivity contribution in [2.45, 2.75) is 65.5 Å². The van der Waals surface area contributed by atoms with E-state index in [9.17, 15) is 9.59 Å². The zero-order chi connectivity index (χ0) is 29.6. The maximum Gasteiger partial charge on any atom is 0.243 e. The van der Waals surface area contributed by atoms with E-state index < -0.39 is 6.04 Å². The van der Waals surface area contributed by atoms with E-state index in [0.717, 1.165) is 24.0 Å². The molecule has 41 heavy (non-hydrogen) atoms. The lowest BCUT2D eigenvalue weighted by Crippen LogP contribution is -2.50. The summed E-state index contributed by atoms with van der Waals surface area (Å²) in [6.45, 7) is 7.60. The molecule has 0 bridgehead atoms. The quantitative estimate of drug-likeness (QED) is 0.176. The molecule has 0 aliphatic rings. The first-order chi connectivity index (χ1) is 19.9. The molecule has 220 valence electrons. The molecule has 0 fully saturated rings. The third-order valence-corrected chi connectivity index (χ3v) is 7.43. The number of halogens is 2. The van der Waals surface area contributed by atoms with Crippen molar-refractivity contribution in [1.29, 1.82) is 0 Å². The molecule has 0 unspecified atom stereocenters. The fourth-order valence-corrected chi connectivity index (χ4v) is 5.08. The molecule has 8 heteroatoms. The van der Waals surface area contributed by atoms with Crippen LogP contribution in [0.3, 0.4) is 0 Å². The molecular weight excluding hydrogens is 559 g/mol. The lowest BCUT2D eigenvalue weighted by atomic mass is 10.0. The molecule has 0 radical (unpaired) electrons. The first-order valence-electron chi connectivity index (χ1n) is 14.3. The fourth-order valence-electron chi connectivity index (χ4n) is 4.56. The van der Waals surface area contributed by atoms with Gasteiger partial charge < -0.3 is 19.7 Å². The Hall–Kier alpha value is -3.22. The Labute approximate surface area is 253 Å². The average Bonchev–Trinajstić information content (AvgIpc) is 2.97. The van der Waals surface area contributed by atoms with E-state index in [1.54, 1.807) is 23.1 Å². The third kappa shape index (κ3) is 9.68. The predicted octanol–water partition coefficient (Wildman–Crippen LogP) is 7.28. The molecule has 3 aromatic rings. The third-order valence-electron chi connectivity index (χ3n) is 6.73. The number of benzene rings is 3. The first kappa shape index (κ1) is 32.3. The number of hydrogen-bond acceptors (Lipinski definition) is 4. The highest BCUT2D eigenvalue weighted by Gasteiger charge is 2.31. The minimum atomic E-state index is -0.742. The van der Waals surface area contributed by atoms with E-state index in [-0.39, 0.29) is 24.8 Å². The zero-order valence-electron chi connectivity index (χ0n) is 24.1. The summed E-state index contributed by atoms with van der Waals surface area (Å²) < 4.78 is 11.5. The number of amides is 2. The van der Waals surface area contributed by atoms with E-state index in [0.29, 0.717) is 59.7 Å². The summed E-state index contributed by atoms with van der Waals surface area (Å²) in [7, 11) is 0. The Kier molecular flexibility index (Phi) is 13.3. The summed E-state index contributed by atoms with van der Waals surface area (Å²) in [6, 6.07) is 20.0. The SMILES string of the molecule is CCCCNC(=O)[C@H](Cc1ccccc1)N(Cc1c(Cl)cccc1Cl)C(=O)CCc1ccc(OCC)c(OCC)c1. The zero-order valence-corrected chi connectivity index (χ0v) is 25.6. The molecule has 6 nitrogen and oxygen atoms in total. The van der Waals surface area contributed by atoms with Crippen LogP contribution >= 0.6 is 23.2 Å². The second-order valence-electron chi connectivity index (χ2n) is 9.72. The monoisotopic (exact) mass is 598 g/mol. The van der Waals surface area contributed by atoms with Gasteiger partial charge in [-0.15, -0.1) is 0 Å². The number of nitrogens with one attached hydrogen (secondary N) is 1. The molecule has 3 aromatic carbocycles. The molecule has 1 atom stereocenters. The van der Waals surface area contributed by atoms with Gasteiger partial charge in [-0.3, -0.25) is 9.59 Å². The van der Waals surface area contributed by atoms with Crippen molar-refractivity contribution in [2.24, 2.45) is 0 Å². The molecule has 3 rings (SSSR count). The standard InChI is InChI=1S/C33H40Cl2N2O4/c1-4-7-20-36-33(39)29(21-24-12-9-8-10-13-24)37(23-26-27(34)14-11-15-28(26)35)32(38)19-17-25-16-18-30(40-5-2)31(22-25)41-6-3/h8-16,18,22,29H,4-7,17,19-21,23H2,1-3H3,(H,36,39)/t29-/m0/s1. The van der Waals surface area contributed by atoms with Crippen LogP contribution in [-0.2, 0) is 29.0 Å². The summed E-state index contributed by atoms with van der Waals surface area (Å²) in [5.41, 5.74) is 2.51. The second kappa shape index (κ2) is 16.9. The van der Waals surface area contributed by atoms with Crippen molar-refractivity contribution in [2.75, 3.05) is 19.8 Å². The predicted molar refractivity (Wildman–Crippen MR) is 166 cm³/mol. The van der Waals surface area contributed by atoms with Gasteiger partial charge in [-0.2, -0.15) is 0 Å². The molecule has 0 heterocycles. The van der Waals surface area contributed by atoms with Gasteiger partial charge in [0.15, 0.2) is 11.5 Å². The molecule has 0 aliphatic heterocycles. The largest absolute Gasteiger partial charge is 0.490 e. The highest BCUT2D eigenvalue weighted by Crippen LogP contribution is 2.30. The number of carbonyl (C=O) groups is 2. The van der Waals surface area contributed by atoms with Gasteiger partial charge >= 0.3 is 0 Å². The summed E-state index contributed by atoms with van der Waals surface area (Å²) in [5, 5.41) is 3.94. The Morgan fingerprint density at radius 3 is 2.20 bits per heavy atom. The van der Waals surface area contributed by atoms with Crippen LogP contribution in [0.15, 0.2) is 66.7 Å². The van der Waals surface area contributed by atoms with Crippen molar-refractivity contribution >= 4 is 35.0 Å². The maximum absolute atomic E-state index is 14.0. The van der Waals surface area contributed by atoms with Crippen LogP contribution in [0.5, 0.6) is 11.5 Å². The Morgan fingerprint density at radius 2 is 1.54 bits per heavy atom. The molecule has 0 aliphatic carbocycles. The van der Waals surface area contributed by atoms with Gasteiger partial charge in [0.25, 0.3) is 0 Å². The number of ether oxygens (including phenoxy) is 2. The van der Waals surface area contributed by atoms with Crippen LogP contribution in [0.1, 0.15) is 56.7 Å². The van der Waals surface area contributed by atoms with Crippen molar-refractivity contribution in [3.05, 3.63) is 93.5 Å². The number of rotatable bonds is 16. The van der Waals surface area contributed by atoms with Crippen LogP contribution in [0.2, 0.25) is 10.0 Å². The van der Waals surface area contributed by atoms with Crippen molar-refractivity contribution < 1.29 is 19.1 Å². The van der Waals surface area contributed by atoms with Crippen LogP contribution in [-0.4, -0.2) is 42.5 Å². The van der Waals surface area contributed by atoms with Crippen LogP contribution in [0, 0.1) is 0 Å². The minimum absolute atomic E-state index is 0.115. The van der Waals surface area contributed by atoms with Gasteiger partial charge in [-0.1, -0.05) is 79.0 Å². The van der Waals surface area contributed by atoms with Crippen LogP contribution in [0.4, 0.5) is 0 Å². The van der Waals surface area contributed by atoms with E-state index in [1.807, 2.05) is 62.4 Å². The summed E-state index contributed by atoms with van der Waals surface area (Å²) in [4.78, 5) is 29.2. The minimum Gasteiger partial charge on any atom is -0.490 e. The first-order valence-corrected chi connectivity index (χ1v) is 15.1. The lowest BCUT2D eigenvalue weighted by Gasteiger charge is -2.32.